The largest absolute Gasteiger partial charge is 0.383 e. The fraction of sp³-hybridized carbons (Fsp3) is 0.667. The Morgan fingerprint density at radius 1 is 1.39 bits per heavy atom. The molecule has 0 aromatic carbocycles. The minimum absolute atomic E-state index is 0.0572. The van der Waals surface area contributed by atoms with Crippen LogP contribution >= 0.6 is 11.3 Å². The Kier molecular flexibility index (Phi) is 5.12. The zero-order valence-electron chi connectivity index (χ0n) is 13.3. The highest BCUT2D eigenvalue weighted by atomic mass is 32.1. The first-order valence-electron chi connectivity index (χ1n) is 7.89. The molecule has 0 radical (unpaired) electrons. The van der Waals surface area contributed by atoms with Crippen molar-refractivity contribution in [3.63, 3.8) is 0 Å². The summed E-state index contributed by atoms with van der Waals surface area (Å²) >= 11 is 1.62. The smallest absolute Gasteiger partial charge is 0.228 e. The van der Waals surface area contributed by atoms with Crippen molar-refractivity contribution >= 4 is 28.3 Å². The molecular weight excluding hydrogens is 316 g/mol. The van der Waals surface area contributed by atoms with Gasteiger partial charge >= 0.3 is 0 Å². The second kappa shape index (κ2) is 7.27. The molecule has 2 fully saturated rings. The van der Waals surface area contributed by atoms with Gasteiger partial charge in [0.25, 0.3) is 0 Å². The number of anilines is 1. The molecule has 1 atom stereocenters. The average Bonchev–Trinajstić information content (AvgIpc) is 3.22. The van der Waals surface area contributed by atoms with Crippen molar-refractivity contribution in [2.75, 3.05) is 57.9 Å². The number of methoxy groups -OCH3 is 1. The minimum atomic E-state index is -0.203. The van der Waals surface area contributed by atoms with Gasteiger partial charge in [-0.3, -0.25) is 9.59 Å². The topological polar surface area (TPSA) is 66.0 Å². The summed E-state index contributed by atoms with van der Waals surface area (Å²) in [4.78, 5) is 34.8. The molecule has 8 heteroatoms. The number of amides is 2. The summed E-state index contributed by atoms with van der Waals surface area (Å²) in [6, 6.07) is 0. The van der Waals surface area contributed by atoms with Crippen LogP contribution in [0, 0.1) is 5.92 Å². The van der Waals surface area contributed by atoms with Crippen LogP contribution in [0.25, 0.3) is 0 Å². The summed E-state index contributed by atoms with van der Waals surface area (Å²) in [5.74, 6) is -0.0374. The van der Waals surface area contributed by atoms with Crippen LogP contribution in [0.4, 0.5) is 5.13 Å². The van der Waals surface area contributed by atoms with Crippen molar-refractivity contribution < 1.29 is 14.3 Å². The SMILES string of the molecule is COCCN1CC(C(=O)N2CCN(c3nccs3)CC2)CC1=O. The van der Waals surface area contributed by atoms with Crippen LogP contribution in [0.2, 0.25) is 0 Å². The molecule has 0 aliphatic carbocycles. The number of piperazine rings is 1. The highest BCUT2D eigenvalue weighted by molar-refractivity contribution is 7.13. The first-order valence-corrected chi connectivity index (χ1v) is 8.77. The van der Waals surface area contributed by atoms with E-state index >= 15 is 0 Å². The van der Waals surface area contributed by atoms with E-state index in [1.54, 1.807) is 29.5 Å². The van der Waals surface area contributed by atoms with Crippen LogP contribution < -0.4 is 4.90 Å². The lowest BCUT2D eigenvalue weighted by Crippen LogP contribution is -2.50. The van der Waals surface area contributed by atoms with Gasteiger partial charge in [-0.15, -0.1) is 11.3 Å². The van der Waals surface area contributed by atoms with Gasteiger partial charge in [-0.25, -0.2) is 4.98 Å². The molecule has 0 N–H and O–H groups in total. The van der Waals surface area contributed by atoms with Gasteiger partial charge in [0.15, 0.2) is 5.13 Å². The quantitative estimate of drug-likeness (QED) is 0.772. The first kappa shape index (κ1) is 16.2. The second-order valence-corrected chi connectivity index (χ2v) is 6.73. The summed E-state index contributed by atoms with van der Waals surface area (Å²) in [7, 11) is 1.62. The van der Waals surface area contributed by atoms with E-state index in [1.807, 2.05) is 10.3 Å². The van der Waals surface area contributed by atoms with E-state index in [2.05, 4.69) is 9.88 Å². The number of thiazole rings is 1. The van der Waals surface area contributed by atoms with Crippen LogP contribution in [-0.2, 0) is 14.3 Å². The summed E-state index contributed by atoms with van der Waals surface area (Å²) in [6.45, 7) is 4.59. The van der Waals surface area contributed by atoms with E-state index in [0.717, 1.165) is 18.2 Å². The van der Waals surface area contributed by atoms with Crippen LogP contribution in [0.5, 0.6) is 0 Å². The van der Waals surface area contributed by atoms with E-state index in [1.165, 1.54) is 0 Å². The van der Waals surface area contributed by atoms with Crippen LogP contribution in [-0.4, -0.2) is 79.6 Å². The van der Waals surface area contributed by atoms with E-state index < -0.39 is 0 Å². The Bertz CT molecular complexity index is 543. The van der Waals surface area contributed by atoms with E-state index in [0.29, 0.717) is 39.2 Å². The number of rotatable bonds is 5. The Balaban J connectivity index is 1.51. The number of hydrogen-bond acceptors (Lipinski definition) is 6. The Morgan fingerprint density at radius 3 is 2.83 bits per heavy atom. The normalized spacial score (nSPS) is 22.0. The molecule has 0 saturated carbocycles. The minimum Gasteiger partial charge on any atom is -0.383 e. The molecule has 2 amide bonds. The molecule has 1 aromatic heterocycles. The van der Waals surface area contributed by atoms with Gasteiger partial charge in [0, 0.05) is 64.4 Å². The molecule has 3 rings (SSSR count). The van der Waals surface area contributed by atoms with Crippen molar-refractivity contribution in [2.24, 2.45) is 5.92 Å². The van der Waals surface area contributed by atoms with Crippen LogP contribution in [0.1, 0.15) is 6.42 Å². The maximum atomic E-state index is 12.6. The molecule has 126 valence electrons. The van der Waals surface area contributed by atoms with Crippen molar-refractivity contribution in [1.29, 1.82) is 0 Å². The van der Waals surface area contributed by atoms with Crippen molar-refractivity contribution in [3.8, 4) is 0 Å². The van der Waals surface area contributed by atoms with Crippen molar-refractivity contribution in [1.82, 2.24) is 14.8 Å². The Morgan fingerprint density at radius 2 is 2.17 bits per heavy atom. The Hall–Kier alpha value is -1.67. The van der Waals surface area contributed by atoms with Crippen molar-refractivity contribution in [2.45, 2.75) is 6.42 Å². The van der Waals surface area contributed by atoms with E-state index in [4.69, 9.17) is 4.74 Å². The maximum Gasteiger partial charge on any atom is 0.228 e. The number of ether oxygens (including phenoxy) is 1. The van der Waals surface area contributed by atoms with Gasteiger partial charge in [0.2, 0.25) is 11.8 Å². The fourth-order valence-corrected chi connectivity index (χ4v) is 3.80. The van der Waals surface area contributed by atoms with Crippen LogP contribution in [0.15, 0.2) is 11.6 Å². The molecule has 2 saturated heterocycles. The van der Waals surface area contributed by atoms with E-state index in [-0.39, 0.29) is 17.7 Å². The molecule has 3 heterocycles. The van der Waals surface area contributed by atoms with Gasteiger partial charge in [0.1, 0.15) is 0 Å². The van der Waals surface area contributed by atoms with Crippen LogP contribution in [0.3, 0.4) is 0 Å². The first-order chi connectivity index (χ1) is 11.2. The monoisotopic (exact) mass is 338 g/mol. The predicted octanol–water partition coefficient (Wildman–Crippen LogP) is 0.287. The standard InChI is InChI=1S/C15H22N4O3S/c1-22-8-7-19-11-12(10-13(19)20)14(21)17-3-5-18(6-4-17)15-16-2-9-23-15/h2,9,12H,3-8,10-11H2,1H3. The number of carbonyl (C=O) groups excluding carboxylic acids is 2. The highest BCUT2D eigenvalue weighted by Gasteiger charge is 2.37. The molecule has 23 heavy (non-hydrogen) atoms. The third-order valence-electron chi connectivity index (χ3n) is 4.41. The third-order valence-corrected chi connectivity index (χ3v) is 5.24. The lowest BCUT2D eigenvalue weighted by molar-refractivity contribution is -0.136. The average molecular weight is 338 g/mol. The second-order valence-electron chi connectivity index (χ2n) is 5.86. The molecule has 2 aliphatic rings. The van der Waals surface area contributed by atoms with Crippen molar-refractivity contribution in [3.05, 3.63) is 11.6 Å². The summed E-state index contributed by atoms with van der Waals surface area (Å²) in [5.41, 5.74) is 0. The number of likely N-dealkylation sites (tertiary alicyclic amines) is 1. The molecular formula is C15H22N4O3S. The summed E-state index contributed by atoms with van der Waals surface area (Å²) < 4.78 is 5.01. The van der Waals surface area contributed by atoms with Gasteiger partial charge in [-0.05, 0) is 0 Å². The number of hydrogen-bond donors (Lipinski definition) is 0. The zero-order valence-corrected chi connectivity index (χ0v) is 14.1. The molecule has 0 bridgehead atoms. The predicted molar refractivity (Wildman–Crippen MR) is 87.5 cm³/mol. The van der Waals surface area contributed by atoms with Gasteiger partial charge in [-0.1, -0.05) is 0 Å². The number of aromatic nitrogens is 1. The molecule has 1 aromatic rings. The van der Waals surface area contributed by atoms with Gasteiger partial charge in [0.05, 0.1) is 12.5 Å². The number of carbonyl (C=O) groups is 2. The van der Waals surface area contributed by atoms with E-state index in [9.17, 15) is 9.59 Å². The molecule has 1 unspecified atom stereocenters. The molecule has 0 spiro atoms. The summed E-state index contributed by atoms with van der Waals surface area (Å²) in [5, 5.41) is 2.98. The Labute approximate surface area is 139 Å². The maximum absolute atomic E-state index is 12.6. The number of nitrogens with zero attached hydrogens (tertiary/aromatic N) is 4. The van der Waals surface area contributed by atoms with Gasteiger partial charge in [-0.2, -0.15) is 0 Å². The lowest BCUT2D eigenvalue weighted by atomic mass is 10.1. The fourth-order valence-electron chi connectivity index (χ4n) is 3.10. The third kappa shape index (κ3) is 3.64. The lowest BCUT2D eigenvalue weighted by Gasteiger charge is -2.35. The zero-order chi connectivity index (χ0) is 16.2. The molecule has 2 aliphatic heterocycles. The highest BCUT2D eigenvalue weighted by Crippen LogP contribution is 2.23. The van der Waals surface area contributed by atoms with Gasteiger partial charge < -0.3 is 19.4 Å². The molecule has 7 nitrogen and oxygen atoms in total. The summed E-state index contributed by atoms with van der Waals surface area (Å²) in [6.07, 6.45) is 2.13.